The quantitative estimate of drug-likeness (QED) is 0.589. The van der Waals surface area contributed by atoms with Gasteiger partial charge in [0, 0.05) is 45.3 Å². The average molecular weight is 243 g/mol. The van der Waals surface area contributed by atoms with Gasteiger partial charge < -0.3 is 25.8 Å². The highest BCUT2D eigenvalue weighted by atomic mass is 15.3. The first kappa shape index (κ1) is 10.8. The van der Waals surface area contributed by atoms with Crippen LogP contribution in [0.4, 0.5) is 0 Å². The molecule has 0 saturated carbocycles. The maximum Gasteiger partial charge on any atom is 0.133 e. The van der Waals surface area contributed by atoms with Crippen LogP contribution in [-0.4, -0.2) is 23.9 Å². The van der Waals surface area contributed by atoms with Gasteiger partial charge in [0.1, 0.15) is 11.6 Å². The lowest BCUT2D eigenvalue weighted by Crippen LogP contribution is -2.29. The molecule has 3 N–H and O–H groups in total. The van der Waals surface area contributed by atoms with Gasteiger partial charge in [0.25, 0.3) is 0 Å². The number of nitrogens with one attached hydrogen (secondary N) is 3. The zero-order valence-corrected chi connectivity index (χ0v) is 10.6. The molecule has 0 radical (unpaired) electrons. The zero-order chi connectivity index (χ0) is 12.5. The van der Waals surface area contributed by atoms with Crippen LogP contribution in [0.1, 0.15) is 6.42 Å². The molecule has 0 saturated heterocycles. The van der Waals surface area contributed by atoms with Crippen molar-refractivity contribution in [3.63, 3.8) is 0 Å². The summed E-state index contributed by atoms with van der Waals surface area (Å²) in [6.45, 7) is 0. The van der Waals surface area contributed by atoms with Gasteiger partial charge in [0.2, 0.25) is 0 Å². The monoisotopic (exact) mass is 243 g/mol. The van der Waals surface area contributed by atoms with Crippen LogP contribution >= 0.6 is 0 Å². The van der Waals surface area contributed by atoms with Crippen molar-refractivity contribution in [2.45, 2.75) is 6.42 Å². The fourth-order valence-electron chi connectivity index (χ4n) is 2.22. The highest BCUT2D eigenvalue weighted by Gasteiger charge is 2.19. The predicted molar refractivity (Wildman–Crippen MR) is 71.0 cm³/mol. The topological polar surface area (TPSA) is 42.6 Å². The molecular formula is C13H17N5. The molecule has 0 aromatic heterocycles. The molecule has 3 heterocycles. The van der Waals surface area contributed by atoms with E-state index in [1.54, 1.807) is 0 Å². The largest absolute Gasteiger partial charge is 0.353 e. The molecule has 0 bridgehead atoms. The Morgan fingerprint density at radius 3 is 2.28 bits per heavy atom. The van der Waals surface area contributed by atoms with Gasteiger partial charge in [-0.05, 0) is 6.08 Å². The van der Waals surface area contributed by atoms with E-state index in [9.17, 15) is 0 Å². The van der Waals surface area contributed by atoms with Crippen LogP contribution in [0.2, 0.25) is 0 Å². The number of allylic oxidation sites excluding steroid dienone is 2. The lowest BCUT2D eigenvalue weighted by Gasteiger charge is -2.24. The fraction of sp³-hybridized carbons (Fsp3) is 0.231. The molecule has 3 aliphatic heterocycles. The zero-order valence-electron chi connectivity index (χ0n) is 10.6. The third-order valence-electron chi connectivity index (χ3n) is 3.17. The van der Waals surface area contributed by atoms with E-state index in [-0.39, 0.29) is 0 Å². The van der Waals surface area contributed by atoms with Crippen LogP contribution in [0.25, 0.3) is 0 Å². The molecule has 3 rings (SSSR count). The van der Waals surface area contributed by atoms with Crippen LogP contribution in [-0.2, 0) is 0 Å². The van der Waals surface area contributed by atoms with E-state index < -0.39 is 0 Å². The number of hydrogen-bond acceptors (Lipinski definition) is 5. The Hall–Kier alpha value is -2.30. The Balaban J connectivity index is 1.90. The van der Waals surface area contributed by atoms with Crippen molar-refractivity contribution in [3.05, 3.63) is 60.0 Å². The second-order valence-electron chi connectivity index (χ2n) is 4.46. The van der Waals surface area contributed by atoms with E-state index in [2.05, 4.69) is 37.9 Å². The SMILES string of the molecule is CN1C=CNC1=C1C=CCC(=C2NC=CN2C)N1. The molecule has 5 heteroatoms. The van der Waals surface area contributed by atoms with Gasteiger partial charge in [-0.1, -0.05) is 6.08 Å². The summed E-state index contributed by atoms with van der Waals surface area (Å²) in [5.74, 6) is 2.17. The Labute approximate surface area is 107 Å². The summed E-state index contributed by atoms with van der Waals surface area (Å²) in [7, 11) is 4.06. The normalized spacial score (nSPS) is 29.7. The lowest BCUT2D eigenvalue weighted by atomic mass is 10.1. The van der Waals surface area contributed by atoms with Gasteiger partial charge in [0.05, 0.1) is 11.4 Å². The van der Waals surface area contributed by atoms with Crippen LogP contribution < -0.4 is 16.0 Å². The van der Waals surface area contributed by atoms with E-state index >= 15 is 0 Å². The predicted octanol–water partition coefficient (Wildman–Crippen LogP) is 0.886. The van der Waals surface area contributed by atoms with E-state index in [4.69, 9.17) is 0 Å². The van der Waals surface area contributed by atoms with Crippen molar-refractivity contribution < 1.29 is 0 Å². The molecule has 0 aromatic rings. The smallest absolute Gasteiger partial charge is 0.133 e. The van der Waals surface area contributed by atoms with E-state index in [0.29, 0.717) is 0 Å². The Morgan fingerprint density at radius 2 is 1.67 bits per heavy atom. The minimum Gasteiger partial charge on any atom is -0.353 e. The minimum atomic E-state index is 0.905. The summed E-state index contributed by atoms with van der Waals surface area (Å²) < 4.78 is 0. The molecule has 0 fully saturated rings. The molecule has 0 spiro atoms. The molecule has 0 amide bonds. The van der Waals surface area contributed by atoms with Gasteiger partial charge in [-0.3, -0.25) is 0 Å². The summed E-state index contributed by atoms with van der Waals surface area (Å²) in [5.41, 5.74) is 2.26. The highest BCUT2D eigenvalue weighted by Crippen LogP contribution is 2.21. The first-order chi connectivity index (χ1) is 8.75. The van der Waals surface area contributed by atoms with Gasteiger partial charge in [0.15, 0.2) is 0 Å². The second kappa shape index (κ2) is 4.18. The van der Waals surface area contributed by atoms with Crippen molar-refractivity contribution in [3.8, 4) is 0 Å². The average Bonchev–Trinajstić information content (AvgIpc) is 2.98. The Morgan fingerprint density at radius 1 is 1.00 bits per heavy atom. The molecule has 0 unspecified atom stereocenters. The molecular weight excluding hydrogens is 226 g/mol. The Kier molecular flexibility index (Phi) is 2.51. The number of hydrogen-bond donors (Lipinski definition) is 3. The van der Waals surface area contributed by atoms with E-state index in [1.165, 1.54) is 5.70 Å². The molecule has 3 aliphatic rings. The summed E-state index contributed by atoms with van der Waals surface area (Å²) in [6, 6.07) is 0. The second-order valence-corrected chi connectivity index (χ2v) is 4.46. The summed E-state index contributed by atoms with van der Waals surface area (Å²) >= 11 is 0. The number of rotatable bonds is 0. The molecule has 5 nitrogen and oxygen atoms in total. The molecule has 94 valence electrons. The molecule has 0 aliphatic carbocycles. The summed E-state index contributed by atoms with van der Waals surface area (Å²) in [4.78, 5) is 4.14. The van der Waals surface area contributed by atoms with Crippen LogP contribution in [0, 0.1) is 0 Å². The molecule has 0 atom stereocenters. The van der Waals surface area contributed by atoms with E-state index in [1.807, 2.05) is 38.9 Å². The fourth-order valence-corrected chi connectivity index (χ4v) is 2.22. The maximum atomic E-state index is 3.48. The lowest BCUT2D eigenvalue weighted by molar-refractivity contribution is 0.537. The third kappa shape index (κ3) is 1.73. The van der Waals surface area contributed by atoms with Crippen molar-refractivity contribution in [1.82, 2.24) is 25.8 Å². The highest BCUT2D eigenvalue weighted by molar-refractivity contribution is 5.36. The third-order valence-corrected chi connectivity index (χ3v) is 3.17. The first-order valence-electron chi connectivity index (χ1n) is 5.99. The Bertz CT molecular complexity index is 509. The molecule has 18 heavy (non-hydrogen) atoms. The van der Waals surface area contributed by atoms with Crippen molar-refractivity contribution >= 4 is 0 Å². The van der Waals surface area contributed by atoms with Gasteiger partial charge in [-0.15, -0.1) is 0 Å². The van der Waals surface area contributed by atoms with Gasteiger partial charge >= 0.3 is 0 Å². The van der Waals surface area contributed by atoms with E-state index in [0.717, 1.165) is 23.8 Å². The van der Waals surface area contributed by atoms with Gasteiger partial charge in [-0.25, -0.2) is 0 Å². The van der Waals surface area contributed by atoms with Crippen LogP contribution in [0.3, 0.4) is 0 Å². The van der Waals surface area contributed by atoms with Gasteiger partial charge in [-0.2, -0.15) is 0 Å². The van der Waals surface area contributed by atoms with Crippen LogP contribution in [0.5, 0.6) is 0 Å². The summed E-state index contributed by atoms with van der Waals surface area (Å²) in [6.07, 6.45) is 13.1. The van der Waals surface area contributed by atoms with Crippen molar-refractivity contribution in [2.75, 3.05) is 14.1 Å². The minimum absolute atomic E-state index is 0.905. The summed E-state index contributed by atoms with van der Waals surface area (Å²) in [5, 5.41) is 9.97. The number of nitrogens with zero attached hydrogens (tertiary/aromatic N) is 2. The van der Waals surface area contributed by atoms with Crippen molar-refractivity contribution in [1.29, 1.82) is 0 Å². The first-order valence-corrected chi connectivity index (χ1v) is 5.99. The van der Waals surface area contributed by atoms with Crippen molar-refractivity contribution in [2.24, 2.45) is 0 Å². The maximum absolute atomic E-state index is 3.48. The molecule has 0 aromatic carbocycles. The van der Waals surface area contributed by atoms with Crippen LogP contribution in [0.15, 0.2) is 60.0 Å². The standard InChI is InChI=1S/C13H17N5/c1-17-8-6-14-12(17)10-4-3-5-11(16-10)13-15-7-9-18(13)2/h3-4,6-9,14-16H,5H2,1-2H3.